The first-order chi connectivity index (χ1) is 13.0. The van der Waals surface area contributed by atoms with E-state index < -0.39 is 11.6 Å². The summed E-state index contributed by atoms with van der Waals surface area (Å²) in [6, 6.07) is 20.1. The normalized spacial score (nSPS) is 10.8. The van der Waals surface area contributed by atoms with Crippen LogP contribution >= 0.6 is 0 Å². The number of benzene rings is 3. The molecule has 0 aliphatic carbocycles. The standard InChI is InChI=1S/C23H18F2O2/c24-20-10-6-17(7-11-20)22(26)14-19(16-4-2-1-3-5-16)15-23(27)18-8-12-21(25)13-9-18/h1-13,19H,14-15H2. The molecule has 0 radical (unpaired) electrons. The molecule has 0 bridgehead atoms. The lowest BCUT2D eigenvalue weighted by Gasteiger charge is -2.16. The monoisotopic (exact) mass is 364 g/mol. The molecule has 0 fully saturated rings. The summed E-state index contributed by atoms with van der Waals surface area (Å²) in [5.41, 5.74) is 1.70. The van der Waals surface area contributed by atoms with Gasteiger partial charge < -0.3 is 0 Å². The highest BCUT2D eigenvalue weighted by Gasteiger charge is 2.21. The minimum absolute atomic E-state index is 0.128. The Morgan fingerprint density at radius 3 is 1.44 bits per heavy atom. The van der Waals surface area contributed by atoms with Crippen LogP contribution in [0, 0.1) is 11.6 Å². The van der Waals surface area contributed by atoms with Crippen LogP contribution < -0.4 is 0 Å². The molecule has 3 aromatic rings. The van der Waals surface area contributed by atoms with Crippen molar-refractivity contribution in [3.05, 3.63) is 107 Å². The number of hydrogen-bond donors (Lipinski definition) is 0. The highest BCUT2D eigenvalue weighted by atomic mass is 19.1. The summed E-state index contributed by atoms with van der Waals surface area (Å²) in [5, 5.41) is 0. The number of hydrogen-bond acceptors (Lipinski definition) is 2. The first kappa shape index (κ1) is 18.6. The predicted molar refractivity (Wildman–Crippen MR) is 99.9 cm³/mol. The molecule has 0 N–H and O–H groups in total. The molecule has 0 aliphatic rings. The van der Waals surface area contributed by atoms with Gasteiger partial charge in [0, 0.05) is 24.0 Å². The molecule has 0 unspecified atom stereocenters. The Morgan fingerprint density at radius 2 is 1.04 bits per heavy atom. The Balaban J connectivity index is 1.81. The summed E-state index contributed by atoms with van der Waals surface area (Å²) < 4.78 is 26.2. The molecule has 0 aromatic heterocycles. The van der Waals surface area contributed by atoms with E-state index >= 15 is 0 Å². The molecule has 0 heterocycles. The second-order valence-corrected chi connectivity index (χ2v) is 6.38. The molecule has 0 amide bonds. The average molecular weight is 364 g/mol. The van der Waals surface area contributed by atoms with Crippen LogP contribution in [0.4, 0.5) is 8.78 Å². The Kier molecular flexibility index (Phi) is 5.87. The van der Waals surface area contributed by atoms with Crippen LogP contribution in [0.25, 0.3) is 0 Å². The highest BCUT2D eigenvalue weighted by Crippen LogP contribution is 2.27. The third kappa shape index (κ3) is 4.94. The lowest BCUT2D eigenvalue weighted by atomic mass is 9.86. The maximum Gasteiger partial charge on any atom is 0.163 e. The summed E-state index contributed by atoms with van der Waals surface area (Å²) in [6.45, 7) is 0. The first-order valence-corrected chi connectivity index (χ1v) is 8.65. The van der Waals surface area contributed by atoms with E-state index in [0.29, 0.717) is 11.1 Å². The van der Waals surface area contributed by atoms with E-state index in [0.717, 1.165) is 5.56 Å². The summed E-state index contributed by atoms with van der Waals surface area (Å²) >= 11 is 0. The molecule has 2 nitrogen and oxygen atoms in total. The van der Waals surface area contributed by atoms with Crippen LogP contribution in [0.5, 0.6) is 0 Å². The van der Waals surface area contributed by atoms with Crippen molar-refractivity contribution in [2.24, 2.45) is 0 Å². The summed E-state index contributed by atoms with van der Waals surface area (Å²) in [4.78, 5) is 25.2. The van der Waals surface area contributed by atoms with Gasteiger partial charge in [-0.3, -0.25) is 9.59 Å². The number of carbonyl (C=O) groups is 2. The maximum atomic E-state index is 13.1. The zero-order valence-electron chi connectivity index (χ0n) is 14.6. The zero-order chi connectivity index (χ0) is 19.2. The van der Waals surface area contributed by atoms with Gasteiger partial charge >= 0.3 is 0 Å². The third-order valence-electron chi connectivity index (χ3n) is 4.47. The molecule has 27 heavy (non-hydrogen) atoms. The third-order valence-corrected chi connectivity index (χ3v) is 4.47. The van der Waals surface area contributed by atoms with Crippen molar-refractivity contribution in [2.75, 3.05) is 0 Å². The molecular formula is C23H18F2O2. The molecule has 0 aliphatic heterocycles. The Labute approximate surface area is 156 Å². The fraction of sp³-hybridized carbons (Fsp3) is 0.130. The smallest absolute Gasteiger partial charge is 0.163 e. The van der Waals surface area contributed by atoms with E-state index in [9.17, 15) is 18.4 Å². The number of halogens is 2. The summed E-state index contributed by atoms with van der Waals surface area (Å²) in [6.07, 6.45) is 0.255. The van der Waals surface area contributed by atoms with Gasteiger partial charge in [-0.2, -0.15) is 0 Å². The van der Waals surface area contributed by atoms with Gasteiger partial charge in [0.25, 0.3) is 0 Å². The summed E-state index contributed by atoms with van der Waals surface area (Å²) in [5.74, 6) is -1.44. The second kappa shape index (κ2) is 8.49. The molecule has 4 heteroatoms. The van der Waals surface area contributed by atoms with Gasteiger partial charge in [-0.25, -0.2) is 8.78 Å². The molecule has 3 rings (SSSR count). The van der Waals surface area contributed by atoms with Gasteiger partial charge in [0.1, 0.15) is 11.6 Å². The molecule has 136 valence electrons. The molecule has 3 aromatic carbocycles. The van der Waals surface area contributed by atoms with Crippen molar-refractivity contribution in [1.29, 1.82) is 0 Å². The van der Waals surface area contributed by atoms with E-state index in [-0.39, 0.29) is 30.3 Å². The summed E-state index contributed by atoms with van der Waals surface area (Å²) in [7, 11) is 0. The van der Waals surface area contributed by atoms with Crippen LogP contribution in [-0.4, -0.2) is 11.6 Å². The molecular weight excluding hydrogens is 346 g/mol. The lowest BCUT2D eigenvalue weighted by Crippen LogP contribution is -2.13. The molecule has 0 spiro atoms. The van der Waals surface area contributed by atoms with Crippen molar-refractivity contribution in [3.63, 3.8) is 0 Å². The molecule has 0 atom stereocenters. The van der Waals surface area contributed by atoms with Gasteiger partial charge in [-0.05, 0) is 60.0 Å². The quantitative estimate of drug-likeness (QED) is 0.512. The second-order valence-electron chi connectivity index (χ2n) is 6.38. The Morgan fingerprint density at radius 1 is 0.630 bits per heavy atom. The Bertz CT molecular complexity index is 857. The van der Waals surface area contributed by atoms with Crippen LogP contribution in [-0.2, 0) is 0 Å². The van der Waals surface area contributed by atoms with E-state index in [4.69, 9.17) is 0 Å². The fourth-order valence-electron chi connectivity index (χ4n) is 2.99. The van der Waals surface area contributed by atoms with Gasteiger partial charge in [-0.1, -0.05) is 30.3 Å². The van der Waals surface area contributed by atoms with E-state index in [2.05, 4.69) is 0 Å². The number of carbonyl (C=O) groups excluding carboxylic acids is 2. The fourth-order valence-corrected chi connectivity index (χ4v) is 2.99. The minimum atomic E-state index is -0.405. The Hall–Kier alpha value is -3.14. The van der Waals surface area contributed by atoms with Gasteiger partial charge in [0.2, 0.25) is 0 Å². The lowest BCUT2D eigenvalue weighted by molar-refractivity contribution is 0.0944. The van der Waals surface area contributed by atoms with Crippen LogP contribution in [0.2, 0.25) is 0 Å². The van der Waals surface area contributed by atoms with Gasteiger partial charge in [-0.15, -0.1) is 0 Å². The highest BCUT2D eigenvalue weighted by molar-refractivity contribution is 5.99. The largest absolute Gasteiger partial charge is 0.294 e. The number of ketones is 2. The van der Waals surface area contributed by atoms with Crippen molar-refractivity contribution < 1.29 is 18.4 Å². The van der Waals surface area contributed by atoms with Gasteiger partial charge in [0.15, 0.2) is 11.6 Å². The van der Waals surface area contributed by atoms with Crippen molar-refractivity contribution in [3.8, 4) is 0 Å². The molecule has 0 saturated carbocycles. The predicted octanol–water partition coefficient (Wildman–Crippen LogP) is 5.59. The maximum absolute atomic E-state index is 13.1. The minimum Gasteiger partial charge on any atom is -0.294 e. The van der Waals surface area contributed by atoms with Gasteiger partial charge in [0.05, 0.1) is 0 Å². The van der Waals surface area contributed by atoms with E-state index in [1.165, 1.54) is 48.5 Å². The van der Waals surface area contributed by atoms with E-state index in [1.807, 2.05) is 30.3 Å². The van der Waals surface area contributed by atoms with E-state index in [1.54, 1.807) is 0 Å². The molecule has 0 saturated heterocycles. The van der Waals surface area contributed by atoms with Crippen molar-refractivity contribution in [1.82, 2.24) is 0 Å². The average Bonchev–Trinajstić information content (AvgIpc) is 2.69. The number of Topliss-reactive ketones (excluding diaryl/α,β-unsaturated/α-hetero) is 2. The first-order valence-electron chi connectivity index (χ1n) is 8.65. The SMILES string of the molecule is O=C(CC(CC(=O)c1ccc(F)cc1)c1ccccc1)c1ccc(F)cc1. The topological polar surface area (TPSA) is 34.1 Å². The number of rotatable bonds is 7. The van der Waals surface area contributed by atoms with Crippen molar-refractivity contribution in [2.45, 2.75) is 18.8 Å². The van der Waals surface area contributed by atoms with Crippen LogP contribution in [0.15, 0.2) is 78.9 Å². The zero-order valence-corrected chi connectivity index (χ0v) is 14.6. The van der Waals surface area contributed by atoms with Crippen molar-refractivity contribution >= 4 is 11.6 Å². The van der Waals surface area contributed by atoms with Crippen LogP contribution in [0.1, 0.15) is 45.0 Å². The van der Waals surface area contributed by atoms with Crippen LogP contribution in [0.3, 0.4) is 0 Å².